The Morgan fingerprint density at radius 1 is 1.11 bits per heavy atom. The van der Waals surface area contributed by atoms with E-state index in [0.717, 1.165) is 5.56 Å². The van der Waals surface area contributed by atoms with Gasteiger partial charge >= 0.3 is 11.9 Å². The van der Waals surface area contributed by atoms with Gasteiger partial charge in [0.1, 0.15) is 24.1 Å². The van der Waals surface area contributed by atoms with Crippen LogP contribution in [0.2, 0.25) is 0 Å². The topological polar surface area (TPSA) is 107 Å². The molecule has 1 aromatic rings. The fraction of sp³-hybridized carbons (Fsp3) is 0.484. The highest BCUT2D eigenvalue weighted by Crippen LogP contribution is 2.57. The molecule has 4 rings (SSSR count). The Kier molecular flexibility index (Phi) is 7.36. The number of benzene rings is 1. The third kappa shape index (κ3) is 4.68. The maximum absolute atomic E-state index is 14.3. The second-order valence-corrected chi connectivity index (χ2v) is 11.5. The lowest BCUT2D eigenvalue weighted by atomic mass is 9.50. The molecule has 0 aliphatic heterocycles. The number of carbonyl (C=O) groups is 4. The van der Waals surface area contributed by atoms with E-state index in [0.29, 0.717) is 29.6 Å². The molecule has 2 bridgehead atoms. The number of aliphatic hydroxyl groups excluding tert-OH is 1. The number of fused-ring (bicyclic) bond motifs is 3. The standard InChI is InChI=1S/C31H36O7/c1-17-22(33)16-21-27(35)26-18(2)23(38-24(34)13-12-20-10-8-7-9-11-20)14-15-31(26,6)29(37-19(3)32)28(36)25(17)30(21,4)5/h7-13,21,23,26,28-29,36H,2,14-16H2,1,3-6H3/b13-12+/t21-,23+,26+,28-,29+,31-/m1/s1. The number of allylic oxidation sites excluding steroid dienone is 1. The molecule has 3 aliphatic rings. The Morgan fingerprint density at radius 3 is 2.39 bits per heavy atom. The third-order valence-corrected chi connectivity index (χ3v) is 8.79. The first kappa shape index (κ1) is 27.7. The van der Waals surface area contributed by atoms with Crippen molar-refractivity contribution in [2.75, 3.05) is 0 Å². The van der Waals surface area contributed by atoms with Crippen molar-refractivity contribution in [1.29, 1.82) is 0 Å². The Morgan fingerprint density at radius 2 is 1.76 bits per heavy atom. The van der Waals surface area contributed by atoms with Crippen LogP contribution in [0.1, 0.15) is 59.4 Å². The number of hydrogen-bond donors (Lipinski definition) is 1. The zero-order chi connectivity index (χ0) is 28.0. The Bertz CT molecular complexity index is 1240. The van der Waals surface area contributed by atoms with E-state index >= 15 is 0 Å². The summed E-state index contributed by atoms with van der Waals surface area (Å²) in [6.07, 6.45) is 0.598. The quantitative estimate of drug-likeness (QED) is 0.356. The van der Waals surface area contributed by atoms with E-state index < -0.39 is 52.9 Å². The number of ether oxygens (including phenoxy) is 2. The molecule has 0 spiro atoms. The Balaban J connectivity index is 1.72. The predicted molar refractivity (Wildman–Crippen MR) is 141 cm³/mol. The van der Waals surface area contributed by atoms with Crippen LogP contribution in [0.4, 0.5) is 0 Å². The Hall–Kier alpha value is -3.32. The van der Waals surface area contributed by atoms with Gasteiger partial charge in [-0.3, -0.25) is 14.4 Å². The van der Waals surface area contributed by atoms with Crippen LogP contribution in [0.5, 0.6) is 0 Å². The molecule has 0 heterocycles. The van der Waals surface area contributed by atoms with Crippen LogP contribution in [0, 0.1) is 22.7 Å². The second kappa shape index (κ2) is 10.1. The molecule has 0 amide bonds. The van der Waals surface area contributed by atoms with Gasteiger partial charge in [-0.05, 0) is 53.5 Å². The van der Waals surface area contributed by atoms with E-state index in [9.17, 15) is 24.3 Å². The highest BCUT2D eigenvalue weighted by atomic mass is 16.6. The van der Waals surface area contributed by atoms with Gasteiger partial charge in [-0.2, -0.15) is 0 Å². The summed E-state index contributed by atoms with van der Waals surface area (Å²) in [7, 11) is 0. The maximum Gasteiger partial charge on any atom is 0.331 e. The molecular weight excluding hydrogens is 484 g/mol. The molecule has 7 heteroatoms. The van der Waals surface area contributed by atoms with Crippen LogP contribution >= 0.6 is 0 Å². The van der Waals surface area contributed by atoms with Crippen LogP contribution in [0.3, 0.4) is 0 Å². The van der Waals surface area contributed by atoms with Crippen molar-refractivity contribution in [1.82, 2.24) is 0 Å². The molecule has 38 heavy (non-hydrogen) atoms. The molecule has 7 nitrogen and oxygen atoms in total. The summed E-state index contributed by atoms with van der Waals surface area (Å²) in [5.41, 5.74) is 0.239. The van der Waals surface area contributed by atoms with Gasteiger partial charge in [0.25, 0.3) is 0 Å². The summed E-state index contributed by atoms with van der Waals surface area (Å²) < 4.78 is 11.5. The first-order valence-corrected chi connectivity index (χ1v) is 13.0. The van der Waals surface area contributed by atoms with Crippen LogP contribution in [0.25, 0.3) is 6.08 Å². The van der Waals surface area contributed by atoms with E-state index in [1.165, 1.54) is 13.0 Å². The number of rotatable bonds is 4. The van der Waals surface area contributed by atoms with Gasteiger partial charge in [-0.1, -0.05) is 57.7 Å². The van der Waals surface area contributed by atoms with E-state index in [1.807, 2.05) is 51.1 Å². The van der Waals surface area contributed by atoms with Gasteiger partial charge in [0, 0.05) is 30.8 Å². The fourth-order valence-electron chi connectivity index (χ4n) is 6.80. The summed E-state index contributed by atoms with van der Waals surface area (Å²) >= 11 is 0. The number of Topliss-reactive ketones (excluding diaryl/α,β-unsaturated/α-hetero) is 2. The van der Waals surface area contributed by atoms with Crippen molar-refractivity contribution in [3.05, 3.63) is 65.3 Å². The monoisotopic (exact) mass is 520 g/mol. The normalized spacial score (nSPS) is 32.9. The summed E-state index contributed by atoms with van der Waals surface area (Å²) in [5.74, 6) is -3.16. The SMILES string of the molecule is C=C1[C@H]2C(=O)[C@H]3CC(=O)C(C)=C([C@@H](O)[C@H](OC(C)=O)[C@]2(C)CC[C@@H]1OC(=O)/C=C/c1ccccc1)C3(C)C. The van der Waals surface area contributed by atoms with Crippen LogP contribution in [0.15, 0.2) is 59.7 Å². The van der Waals surface area contributed by atoms with Crippen LogP contribution in [-0.4, -0.2) is 46.9 Å². The summed E-state index contributed by atoms with van der Waals surface area (Å²) in [4.78, 5) is 52.2. The zero-order valence-electron chi connectivity index (χ0n) is 22.7. The molecule has 3 aliphatic carbocycles. The smallest absolute Gasteiger partial charge is 0.331 e. The highest BCUT2D eigenvalue weighted by Gasteiger charge is 2.62. The van der Waals surface area contributed by atoms with E-state index in [1.54, 1.807) is 13.0 Å². The lowest BCUT2D eigenvalue weighted by molar-refractivity contribution is -0.178. The van der Waals surface area contributed by atoms with Crippen molar-refractivity contribution >= 4 is 29.6 Å². The molecule has 0 radical (unpaired) electrons. The first-order chi connectivity index (χ1) is 17.8. The van der Waals surface area contributed by atoms with Crippen molar-refractivity contribution in [3.63, 3.8) is 0 Å². The lowest BCUT2D eigenvalue weighted by Gasteiger charge is -2.55. The van der Waals surface area contributed by atoms with Gasteiger partial charge in [-0.25, -0.2) is 4.79 Å². The third-order valence-electron chi connectivity index (χ3n) is 8.79. The highest BCUT2D eigenvalue weighted by molar-refractivity contribution is 6.02. The van der Waals surface area contributed by atoms with Gasteiger partial charge in [-0.15, -0.1) is 0 Å². The van der Waals surface area contributed by atoms with Crippen molar-refractivity contribution in [2.24, 2.45) is 22.7 Å². The van der Waals surface area contributed by atoms with Gasteiger partial charge in [0.2, 0.25) is 0 Å². The molecule has 1 aromatic carbocycles. The van der Waals surface area contributed by atoms with Crippen molar-refractivity contribution in [2.45, 2.75) is 72.2 Å². The molecule has 1 N–H and O–H groups in total. The van der Waals surface area contributed by atoms with E-state index in [2.05, 4.69) is 6.58 Å². The van der Waals surface area contributed by atoms with Crippen molar-refractivity contribution in [3.8, 4) is 0 Å². The van der Waals surface area contributed by atoms with E-state index in [-0.39, 0.29) is 18.0 Å². The average Bonchev–Trinajstić information content (AvgIpc) is 2.85. The molecule has 0 unspecified atom stereocenters. The van der Waals surface area contributed by atoms with E-state index in [4.69, 9.17) is 9.47 Å². The fourth-order valence-corrected chi connectivity index (χ4v) is 6.80. The largest absolute Gasteiger partial charge is 0.459 e. The predicted octanol–water partition coefficient (Wildman–Crippen LogP) is 4.39. The van der Waals surface area contributed by atoms with Crippen molar-refractivity contribution < 1.29 is 33.8 Å². The molecule has 0 saturated heterocycles. The lowest BCUT2D eigenvalue weighted by Crippen LogP contribution is -2.61. The van der Waals surface area contributed by atoms with Crippen LogP contribution < -0.4 is 0 Å². The summed E-state index contributed by atoms with van der Waals surface area (Å²) in [6.45, 7) is 12.6. The number of hydrogen-bond acceptors (Lipinski definition) is 7. The van der Waals surface area contributed by atoms with Crippen LogP contribution in [-0.2, 0) is 28.7 Å². The molecule has 2 fully saturated rings. The number of carbonyl (C=O) groups excluding carboxylic acids is 4. The first-order valence-electron chi connectivity index (χ1n) is 13.0. The molecule has 202 valence electrons. The number of esters is 2. The molecule has 6 atom stereocenters. The maximum atomic E-state index is 14.3. The molecule has 2 saturated carbocycles. The summed E-state index contributed by atoms with van der Waals surface area (Å²) in [5, 5.41) is 11.7. The second-order valence-electron chi connectivity index (χ2n) is 11.5. The van der Waals surface area contributed by atoms with Gasteiger partial charge in [0.05, 0.1) is 5.92 Å². The Labute approximate surface area is 223 Å². The molecular formula is C31H36O7. The number of ketones is 2. The minimum atomic E-state index is -1.28. The number of aliphatic hydroxyl groups is 1. The molecule has 0 aromatic heterocycles. The minimum absolute atomic E-state index is 0.0241. The van der Waals surface area contributed by atoms with Gasteiger partial charge < -0.3 is 14.6 Å². The zero-order valence-corrected chi connectivity index (χ0v) is 22.7. The average molecular weight is 521 g/mol. The minimum Gasteiger partial charge on any atom is -0.459 e. The summed E-state index contributed by atoms with van der Waals surface area (Å²) in [6, 6.07) is 9.33. The van der Waals surface area contributed by atoms with Gasteiger partial charge in [0.15, 0.2) is 5.78 Å².